The van der Waals surface area contributed by atoms with Crippen LogP contribution in [0.25, 0.3) is 0 Å². The Morgan fingerprint density at radius 2 is 1.77 bits per heavy atom. The fraction of sp³-hybridized carbons (Fsp3) is 0. The zero-order chi connectivity index (χ0) is 21.9. The van der Waals surface area contributed by atoms with Crippen LogP contribution in [0.1, 0.15) is 10.4 Å². The van der Waals surface area contributed by atoms with E-state index in [9.17, 15) is 27.7 Å². The second-order valence-corrected chi connectivity index (χ2v) is 8.14. The number of rotatable bonds is 6. The van der Waals surface area contributed by atoms with Gasteiger partial charge >= 0.3 is 0 Å². The maximum Gasteiger partial charge on any atom is 0.271 e. The predicted octanol–water partition coefficient (Wildman–Crippen LogP) is 4.44. The van der Waals surface area contributed by atoms with Crippen LogP contribution in [0.3, 0.4) is 0 Å². The van der Waals surface area contributed by atoms with E-state index in [0.29, 0.717) is 5.02 Å². The van der Waals surface area contributed by atoms with Gasteiger partial charge in [0.15, 0.2) is 0 Å². The molecule has 3 aromatic rings. The Balaban J connectivity index is 1.81. The molecule has 0 unspecified atom stereocenters. The van der Waals surface area contributed by atoms with Gasteiger partial charge in [-0.25, -0.2) is 12.8 Å². The van der Waals surface area contributed by atoms with E-state index in [1.54, 1.807) is 12.1 Å². The van der Waals surface area contributed by atoms with E-state index in [-0.39, 0.29) is 22.6 Å². The van der Waals surface area contributed by atoms with Crippen molar-refractivity contribution in [1.29, 1.82) is 0 Å². The van der Waals surface area contributed by atoms with Crippen molar-refractivity contribution in [3.8, 4) is 0 Å². The third-order valence-electron chi connectivity index (χ3n) is 3.90. The van der Waals surface area contributed by atoms with Crippen LogP contribution >= 0.6 is 11.6 Å². The molecule has 8 nitrogen and oxygen atoms in total. The minimum atomic E-state index is -4.22. The Labute approximate surface area is 175 Å². The monoisotopic (exact) mass is 449 g/mol. The van der Waals surface area contributed by atoms with Gasteiger partial charge in [-0.3, -0.25) is 19.6 Å². The quantitative estimate of drug-likeness (QED) is 0.426. The summed E-state index contributed by atoms with van der Waals surface area (Å²) in [5, 5.41) is 13.5. The van der Waals surface area contributed by atoms with Crippen LogP contribution in [0.15, 0.2) is 71.6 Å². The SMILES string of the molecule is O=C(Nc1ccc(S(=O)(=O)Nc2cccc([N+](=O)[O-])c2)cc1F)c1cccc(Cl)c1. The molecule has 3 rings (SSSR count). The van der Waals surface area contributed by atoms with Crippen LogP contribution < -0.4 is 10.0 Å². The normalized spacial score (nSPS) is 11.0. The molecule has 0 aromatic heterocycles. The number of anilines is 2. The van der Waals surface area contributed by atoms with Crippen LogP contribution in [0.2, 0.25) is 5.02 Å². The minimum Gasteiger partial charge on any atom is -0.319 e. The average molecular weight is 450 g/mol. The lowest BCUT2D eigenvalue weighted by Crippen LogP contribution is -2.15. The predicted molar refractivity (Wildman–Crippen MR) is 110 cm³/mol. The summed E-state index contributed by atoms with van der Waals surface area (Å²) in [6.07, 6.45) is 0. The summed E-state index contributed by atoms with van der Waals surface area (Å²) in [7, 11) is -4.22. The number of carbonyl (C=O) groups is 1. The van der Waals surface area contributed by atoms with Gasteiger partial charge in [0.1, 0.15) is 5.82 Å². The summed E-state index contributed by atoms with van der Waals surface area (Å²) in [5.41, 5.74) is -0.386. The van der Waals surface area contributed by atoms with Crippen molar-refractivity contribution in [3.05, 3.63) is 93.2 Å². The van der Waals surface area contributed by atoms with Gasteiger partial charge in [-0.2, -0.15) is 0 Å². The summed E-state index contributed by atoms with van der Waals surface area (Å²) in [6, 6.07) is 13.8. The molecular formula is C19H13ClFN3O5S. The summed E-state index contributed by atoms with van der Waals surface area (Å²) in [5.74, 6) is -1.60. The molecule has 0 heterocycles. The first kappa shape index (κ1) is 21.2. The molecule has 0 atom stereocenters. The maximum atomic E-state index is 14.4. The van der Waals surface area contributed by atoms with E-state index in [1.807, 2.05) is 0 Å². The first-order chi connectivity index (χ1) is 14.2. The van der Waals surface area contributed by atoms with Crippen LogP contribution in [0.5, 0.6) is 0 Å². The van der Waals surface area contributed by atoms with E-state index >= 15 is 0 Å². The number of non-ortho nitro benzene ring substituents is 1. The summed E-state index contributed by atoms with van der Waals surface area (Å²) >= 11 is 5.82. The summed E-state index contributed by atoms with van der Waals surface area (Å²) in [4.78, 5) is 21.9. The molecule has 0 fully saturated rings. The van der Waals surface area contributed by atoms with E-state index < -0.39 is 31.6 Å². The third kappa shape index (κ3) is 4.91. The molecule has 0 bridgehead atoms. The first-order valence-corrected chi connectivity index (χ1v) is 10.2. The fourth-order valence-electron chi connectivity index (χ4n) is 2.49. The van der Waals surface area contributed by atoms with E-state index in [2.05, 4.69) is 10.0 Å². The number of hydrogen-bond acceptors (Lipinski definition) is 5. The second-order valence-electron chi connectivity index (χ2n) is 6.02. The molecule has 1 amide bonds. The van der Waals surface area contributed by atoms with E-state index in [0.717, 1.165) is 24.3 Å². The zero-order valence-corrected chi connectivity index (χ0v) is 16.6. The highest BCUT2D eigenvalue weighted by atomic mass is 35.5. The maximum absolute atomic E-state index is 14.4. The zero-order valence-electron chi connectivity index (χ0n) is 15.0. The fourth-order valence-corrected chi connectivity index (χ4v) is 3.74. The Kier molecular flexibility index (Phi) is 5.99. The standard InChI is InChI=1S/C19H13ClFN3O5S/c20-13-4-1-3-12(9-13)19(25)22-18-8-7-16(11-17(18)21)30(28,29)23-14-5-2-6-15(10-14)24(26)27/h1-11,23H,(H,22,25). The highest BCUT2D eigenvalue weighted by molar-refractivity contribution is 7.92. The lowest BCUT2D eigenvalue weighted by Gasteiger charge is -2.11. The van der Waals surface area contributed by atoms with Crippen LogP contribution in [0.4, 0.5) is 21.5 Å². The van der Waals surface area contributed by atoms with Gasteiger partial charge in [-0.15, -0.1) is 0 Å². The largest absolute Gasteiger partial charge is 0.319 e. The van der Waals surface area contributed by atoms with Gasteiger partial charge in [0.2, 0.25) is 0 Å². The molecule has 0 aliphatic rings. The van der Waals surface area contributed by atoms with Crippen molar-refractivity contribution in [2.45, 2.75) is 4.90 Å². The van der Waals surface area contributed by atoms with Crippen LogP contribution in [-0.4, -0.2) is 19.2 Å². The van der Waals surface area contributed by atoms with E-state index in [4.69, 9.17) is 11.6 Å². The van der Waals surface area contributed by atoms with Crippen molar-refractivity contribution in [2.24, 2.45) is 0 Å². The van der Waals surface area contributed by atoms with Gasteiger partial charge in [0, 0.05) is 22.7 Å². The van der Waals surface area contributed by atoms with Crippen LogP contribution in [0, 0.1) is 15.9 Å². The minimum absolute atomic E-state index is 0.0528. The topological polar surface area (TPSA) is 118 Å². The van der Waals surface area contributed by atoms with Gasteiger partial charge in [-0.1, -0.05) is 23.7 Å². The highest BCUT2D eigenvalue weighted by Gasteiger charge is 2.19. The molecule has 0 saturated heterocycles. The van der Waals surface area contributed by atoms with Crippen molar-refractivity contribution < 1.29 is 22.5 Å². The molecule has 0 spiro atoms. The lowest BCUT2D eigenvalue weighted by atomic mass is 10.2. The molecule has 30 heavy (non-hydrogen) atoms. The van der Waals surface area contributed by atoms with Gasteiger partial charge < -0.3 is 5.32 Å². The van der Waals surface area contributed by atoms with Crippen LogP contribution in [-0.2, 0) is 10.0 Å². The molecule has 0 saturated carbocycles. The summed E-state index contributed by atoms with van der Waals surface area (Å²) in [6.45, 7) is 0. The number of nitrogens with one attached hydrogen (secondary N) is 2. The van der Waals surface area contributed by atoms with Gasteiger partial charge in [-0.05, 0) is 42.5 Å². The molecular weight excluding hydrogens is 437 g/mol. The number of carbonyl (C=O) groups excluding carboxylic acids is 1. The van der Waals surface area contributed by atoms with Crippen molar-refractivity contribution in [2.75, 3.05) is 10.0 Å². The lowest BCUT2D eigenvalue weighted by molar-refractivity contribution is -0.384. The number of amides is 1. The number of nitrogens with zero attached hydrogens (tertiary/aromatic N) is 1. The molecule has 11 heteroatoms. The Morgan fingerprint density at radius 1 is 1.03 bits per heavy atom. The van der Waals surface area contributed by atoms with Crippen molar-refractivity contribution >= 4 is 44.6 Å². The highest BCUT2D eigenvalue weighted by Crippen LogP contribution is 2.24. The Hall–Kier alpha value is -3.50. The number of halogens is 2. The van der Waals surface area contributed by atoms with Gasteiger partial charge in [0.05, 0.1) is 21.2 Å². The number of nitro benzene ring substituents is 1. The smallest absolute Gasteiger partial charge is 0.271 e. The third-order valence-corrected chi connectivity index (χ3v) is 5.51. The van der Waals surface area contributed by atoms with Crippen molar-refractivity contribution in [1.82, 2.24) is 0 Å². The number of sulfonamides is 1. The molecule has 0 radical (unpaired) electrons. The Bertz CT molecular complexity index is 1250. The second kappa shape index (κ2) is 8.47. The molecule has 154 valence electrons. The number of nitro groups is 1. The number of benzene rings is 3. The van der Waals surface area contributed by atoms with Crippen molar-refractivity contribution in [3.63, 3.8) is 0 Å². The van der Waals surface area contributed by atoms with Gasteiger partial charge in [0.25, 0.3) is 21.6 Å². The average Bonchev–Trinajstić information content (AvgIpc) is 2.69. The Morgan fingerprint density at radius 3 is 2.43 bits per heavy atom. The molecule has 3 aromatic carbocycles. The molecule has 0 aliphatic heterocycles. The first-order valence-electron chi connectivity index (χ1n) is 8.29. The molecule has 2 N–H and O–H groups in total. The molecule has 0 aliphatic carbocycles. The van der Waals surface area contributed by atoms with E-state index in [1.165, 1.54) is 30.3 Å². The summed E-state index contributed by atoms with van der Waals surface area (Å²) < 4.78 is 41.5. The number of hydrogen-bond donors (Lipinski definition) is 2.